The summed E-state index contributed by atoms with van der Waals surface area (Å²) in [5.41, 5.74) is 3.31. The Morgan fingerprint density at radius 2 is 2.00 bits per heavy atom. The number of hydrogen-bond acceptors (Lipinski definition) is 3. The summed E-state index contributed by atoms with van der Waals surface area (Å²) >= 11 is 0. The Bertz CT molecular complexity index is 696. The summed E-state index contributed by atoms with van der Waals surface area (Å²) in [7, 11) is 1.93. The van der Waals surface area contributed by atoms with Crippen molar-refractivity contribution >= 4 is 5.95 Å². The smallest absolute Gasteiger partial charge is 0.207 e. The highest BCUT2D eigenvalue weighted by Crippen LogP contribution is 2.15. The molecule has 3 aromatic rings. The Morgan fingerprint density at radius 1 is 1.20 bits per heavy atom. The first-order valence-corrected chi connectivity index (χ1v) is 6.56. The number of benzene rings is 1. The van der Waals surface area contributed by atoms with Crippen molar-refractivity contribution in [3.05, 3.63) is 60.2 Å². The van der Waals surface area contributed by atoms with E-state index in [0.717, 1.165) is 17.3 Å². The lowest BCUT2D eigenvalue weighted by Crippen LogP contribution is -2.06. The molecule has 0 amide bonds. The van der Waals surface area contributed by atoms with E-state index in [1.807, 2.05) is 53.8 Å². The van der Waals surface area contributed by atoms with Gasteiger partial charge in [-0.25, -0.2) is 4.98 Å². The highest BCUT2D eigenvalue weighted by molar-refractivity contribution is 5.42. The van der Waals surface area contributed by atoms with Crippen LogP contribution in [0.25, 0.3) is 5.69 Å². The number of para-hydroxylation sites is 1. The number of rotatable bonds is 4. The molecule has 0 saturated heterocycles. The van der Waals surface area contributed by atoms with Crippen LogP contribution < -0.4 is 5.32 Å². The molecule has 1 aromatic carbocycles. The lowest BCUT2D eigenvalue weighted by molar-refractivity contribution is 0.756. The Labute approximate surface area is 117 Å². The lowest BCUT2D eigenvalue weighted by Gasteiger charge is -2.09. The average Bonchev–Trinajstić information content (AvgIpc) is 3.04. The van der Waals surface area contributed by atoms with E-state index in [2.05, 4.69) is 27.5 Å². The van der Waals surface area contributed by atoms with Gasteiger partial charge in [-0.1, -0.05) is 18.2 Å². The van der Waals surface area contributed by atoms with E-state index in [1.54, 1.807) is 6.20 Å². The summed E-state index contributed by atoms with van der Waals surface area (Å²) in [5, 5.41) is 7.70. The number of nitrogens with one attached hydrogen (secondary N) is 1. The highest BCUT2D eigenvalue weighted by atomic mass is 15.3. The van der Waals surface area contributed by atoms with E-state index in [4.69, 9.17) is 0 Å². The molecule has 0 aliphatic carbocycles. The molecule has 5 heteroatoms. The lowest BCUT2D eigenvalue weighted by atomic mass is 10.3. The molecule has 20 heavy (non-hydrogen) atoms. The van der Waals surface area contributed by atoms with Gasteiger partial charge in [0.05, 0.1) is 5.69 Å². The molecule has 0 radical (unpaired) electrons. The molecule has 0 fully saturated rings. The molecule has 2 heterocycles. The molecule has 0 aliphatic heterocycles. The van der Waals surface area contributed by atoms with Crippen molar-refractivity contribution in [2.75, 3.05) is 5.32 Å². The Hall–Kier alpha value is -2.56. The molecule has 0 unspecified atom stereocenters. The van der Waals surface area contributed by atoms with Crippen LogP contribution in [-0.4, -0.2) is 19.3 Å². The molecule has 0 spiro atoms. The number of aromatic nitrogens is 4. The highest BCUT2D eigenvalue weighted by Gasteiger charge is 2.07. The quantitative estimate of drug-likeness (QED) is 0.790. The van der Waals surface area contributed by atoms with Crippen LogP contribution in [0.2, 0.25) is 0 Å². The predicted molar refractivity (Wildman–Crippen MR) is 78.8 cm³/mol. The summed E-state index contributed by atoms with van der Waals surface area (Å²) in [6, 6.07) is 10.2. The average molecular weight is 267 g/mol. The number of aryl methyl sites for hydroxylation is 2. The molecule has 0 bridgehead atoms. The van der Waals surface area contributed by atoms with E-state index in [9.17, 15) is 0 Å². The summed E-state index contributed by atoms with van der Waals surface area (Å²) in [5.74, 6) is 0.833. The maximum atomic E-state index is 4.37. The number of imidazole rings is 1. The minimum Gasteiger partial charge on any atom is -0.351 e. The first kappa shape index (κ1) is 12.5. The topological polar surface area (TPSA) is 47.7 Å². The molecule has 2 aromatic heterocycles. The summed E-state index contributed by atoms with van der Waals surface area (Å²) in [6.07, 6.45) is 5.78. The standard InChI is InChI=1S/C15H17N5/c1-12-13(11-19(2)18-12)10-17-15-16-8-9-20(15)14-6-4-3-5-7-14/h3-9,11H,10H2,1-2H3,(H,16,17). The van der Waals surface area contributed by atoms with Gasteiger partial charge in [0.1, 0.15) is 0 Å². The van der Waals surface area contributed by atoms with Crippen LogP contribution in [0.15, 0.2) is 48.9 Å². The van der Waals surface area contributed by atoms with Gasteiger partial charge in [0.25, 0.3) is 0 Å². The van der Waals surface area contributed by atoms with Gasteiger partial charge >= 0.3 is 0 Å². The van der Waals surface area contributed by atoms with E-state index in [0.29, 0.717) is 6.54 Å². The van der Waals surface area contributed by atoms with Gasteiger partial charge in [-0.15, -0.1) is 0 Å². The van der Waals surface area contributed by atoms with Crippen molar-refractivity contribution in [2.24, 2.45) is 7.05 Å². The van der Waals surface area contributed by atoms with Gasteiger partial charge < -0.3 is 5.32 Å². The van der Waals surface area contributed by atoms with Crippen molar-refractivity contribution in [2.45, 2.75) is 13.5 Å². The Morgan fingerprint density at radius 3 is 2.70 bits per heavy atom. The largest absolute Gasteiger partial charge is 0.351 e. The van der Waals surface area contributed by atoms with Crippen LogP contribution in [0.5, 0.6) is 0 Å². The maximum absolute atomic E-state index is 4.37. The van der Waals surface area contributed by atoms with Crippen molar-refractivity contribution in [3.63, 3.8) is 0 Å². The zero-order valence-electron chi connectivity index (χ0n) is 11.6. The van der Waals surface area contributed by atoms with Crippen LogP contribution in [0, 0.1) is 6.92 Å². The van der Waals surface area contributed by atoms with Gasteiger partial charge in [-0.3, -0.25) is 9.25 Å². The van der Waals surface area contributed by atoms with E-state index in [1.165, 1.54) is 5.56 Å². The molecular weight excluding hydrogens is 250 g/mol. The second-order valence-electron chi connectivity index (χ2n) is 4.72. The summed E-state index contributed by atoms with van der Waals surface area (Å²) < 4.78 is 3.86. The fraction of sp³-hybridized carbons (Fsp3) is 0.200. The first-order valence-electron chi connectivity index (χ1n) is 6.56. The molecular formula is C15H17N5. The van der Waals surface area contributed by atoms with Gasteiger partial charge in [0.15, 0.2) is 0 Å². The minimum absolute atomic E-state index is 0.712. The third-order valence-corrected chi connectivity index (χ3v) is 3.23. The summed E-state index contributed by atoms with van der Waals surface area (Å²) in [4.78, 5) is 4.37. The van der Waals surface area contributed by atoms with Crippen LogP contribution in [-0.2, 0) is 13.6 Å². The number of anilines is 1. The maximum Gasteiger partial charge on any atom is 0.207 e. The normalized spacial score (nSPS) is 10.7. The molecule has 0 atom stereocenters. The van der Waals surface area contributed by atoms with Gasteiger partial charge in [0.2, 0.25) is 5.95 Å². The second-order valence-corrected chi connectivity index (χ2v) is 4.72. The van der Waals surface area contributed by atoms with Crippen molar-refractivity contribution < 1.29 is 0 Å². The molecule has 0 saturated carbocycles. The van der Waals surface area contributed by atoms with Gasteiger partial charge in [-0.2, -0.15) is 5.10 Å². The van der Waals surface area contributed by atoms with Crippen molar-refractivity contribution in [1.29, 1.82) is 0 Å². The Kier molecular flexibility index (Phi) is 3.25. The van der Waals surface area contributed by atoms with Crippen LogP contribution in [0.3, 0.4) is 0 Å². The van der Waals surface area contributed by atoms with Gasteiger partial charge in [0, 0.05) is 43.4 Å². The molecule has 1 N–H and O–H groups in total. The predicted octanol–water partition coefficient (Wildman–Crippen LogP) is 2.53. The number of nitrogens with zero attached hydrogens (tertiary/aromatic N) is 4. The first-order chi connectivity index (χ1) is 9.74. The minimum atomic E-state index is 0.712. The van der Waals surface area contributed by atoms with Crippen molar-refractivity contribution in [1.82, 2.24) is 19.3 Å². The van der Waals surface area contributed by atoms with E-state index in [-0.39, 0.29) is 0 Å². The zero-order valence-corrected chi connectivity index (χ0v) is 11.6. The third kappa shape index (κ3) is 2.42. The summed E-state index contributed by atoms with van der Waals surface area (Å²) in [6.45, 7) is 2.73. The van der Waals surface area contributed by atoms with Gasteiger partial charge in [-0.05, 0) is 19.1 Å². The fourth-order valence-corrected chi connectivity index (χ4v) is 2.23. The number of hydrogen-bond donors (Lipinski definition) is 1. The molecule has 5 nitrogen and oxygen atoms in total. The SMILES string of the molecule is Cc1nn(C)cc1CNc1nccn1-c1ccccc1. The molecule has 3 rings (SSSR count). The van der Waals surface area contributed by atoms with E-state index < -0.39 is 0 Å². The second kappa shape index (κ2) is 5.21. The van der Waals surface area contributed by atoms with Crippen molar-refractivity contribution in [3.8, 4) is 5.69 Å². The van der Waals surface area contributed by atoms with Crippen LogP contribution in [0.1, 0.15) is 11.3 Å². The fourth-order valence-electron chi connectivity index (χ4n) is 2.23. The monoisotopic (exact) mass is 267 g/mol. The zero-order chi connectivity index (χ0) is 13.9. The van der Waals surface area contributed by atoms with Crippen LogP contribution >= 0.6 is 0 Å². The molecule has 0 aliphatic rings. The molecule has 102 valence electrons. The van der Waals surface area contributed by atoms with E-state index >= 15 is 0 Å². The van der Waals surface area contributed by atoms with Crippen LogP contribution in [0.4, 0.5) is 5.95 Å². The third-order valence-electron chi connectivity index (χ3n) is 3.23. The Balaban J connectivity index is 1.79.